The number of nitrogens with zero attached hydrogens (tertiary/aromatic N) is 1. The van der Waals surface area contributed by atoms with Gasteiger partial charge in [-0.2, -0.15) is 0 Å². The highest BCUT2D eigenvalue weighted by Crippen LogP contribution is 2.69. The van der Waals surface area contributed by atoms with E-state index < -0.39 is 5.41 Å². The van der Waals surface area contributed by atoms with Crippen LogP contribution in [0.15, 0.2) is 78.9 Å². The standard InChI is InChI=1S/C29H30N2O2/c1-33-27(32)29-19-31(17-20-8-3-2-4-9-20)18-26(29)28(21-10-7-11-22(30)16-21)15-14-25(29)23-12-5-6-13-24(23)28/h2-13,16,25-26H,14-15,17-19,30H2,1H3. The van der Waals surface area contributed by atoms with Gasteiger partial charge in [0.2, 0.25) is 0 Å². The number of anilines is 1. The second kappa shape index (κ2) is 7.46. The third-order valence-electron chi connectivity index (χ3n) is 8.62. The Morgan fingerprint density at radius 3 is 2.64 bits per heavy atom. The van der Waals surface area contributed by atoms with E-state index in [2.05, 4.69) is 77.7 Å². The minimum Gasteiger partial charge on any atom is -0.469 e. The van der Waals surface area contributed by atoms with Gasteiger partial charge in [0.05, 0.1) is 12.5 Å². The van der Waals surface area contributed by atoms with E-state index in [1.807, 2.05) is 6.07 Å². The summed E-state index contributed by atoms with van der Waals surface area (Å²) in [6.45, 7) is 2.43. The van der Waals surface area contributed by atoms with E-state index in [0.717, 1.165) is 38.2 Å². The molecule has 4 nitrogen and oxygen atoms in total. The average molecular weight is 439 g/mol. The SMILES string of the molecule is COC(=O)C12CN(Cc3ccccc3)CC1C1(c3cccc(N)c3)CCC2c2ccccc21. The third-order valence-corrected chi connectivity index (χ3v) is 8.62. The Bertz CT molecular complexity index is 1210. The number of benzene rings is 3. The van der Waals surface area contributed by atoms with Gasteiger partial charge in [-0.25, -0.2) is 0 Å². The molecule has 0 spiro atoms. The number of methoxy groups -OCH3 is 1. The van der Waals surface area contributed by atoms with Crippen molar-refractivity contribution in [3.8, 4) is 0 Å². The number of ether oxygens (including phenoxy) is 1. The molecule has 3 aromatic carbocycles. The lowest BCUT2D eigenvalue weighted by Crippen LogP contribution is -2.60. The predicted octanol–water partition coefficient (Wildman–Crippen LogP) is 4.74. The van der Waals surface area contributed by atoms with E-state index in [-0.39, 0.29) is 23.2 Å². The smallest absolute Gasteiger partial charge is 0.314 e. The predicted molar refractivity (Wildman–Crippen MR) is 130 cm³/mol. The van der Waals surface area contributed by atoms with Gasteiger partial charge in [-0.3, -0.25) is 9.69 Å². The van der Waals surface area contributed by atoms with Crippen LogP contribution in [0.5, 0.6) is 0 Å². The highest BCUT2D eigenvalue weighted by atomic mass is 16.5. The number of nitrogen functional groups attached to an aromatic ring is 1. The molecule has 3 aliphatic carbocycles. The molecule has 4 atom stereocenters. The molecule has 1 saturated heterocycles. The van der Waals surface area contributed by atoms with Gasteiger partial charge in [-0.05, 0) is 47.2 Å². The van der Waals surface area contributed by atoms with Crippen LogP contribution < -0.4 is 5.73 Å². The first-order valence-corrected chi connectivity index (χ1v) is 11.9. The van der Waals surface area contributed by atoms with Crippen LogP contribution in [0.25, 0.3) is 0 Å². The molecule has 2 fully saturated rings. The van der Waals surface area contributed by atoms with Crippen LogP contribution in [0.2, 0.25) is 0 Å². The summed E-state index contributed by atoms with van der Waals surface area (Å²) >= 11 is 0. The largest absolute Gasteiger partial charge is 0.469 e. The molecule has 4 unspecified atom stereocenters. The summed E-state index contributed by atoms with van der Waals surface area (Å²) in [4.78, 5) is 16.2. The van der Waals surface area contributed by atoms with Crippen molar-refractivity contribution in [2.45, 2.75) is 30.7 Å². The maximum absolute atomic E-state index is 13.7. The van der Waals surface area contributed by atoms with Gasteiger partial charge < -0.3 is 10.5 Å². The quantitative estimate of drug-likeness (QED) is 0.472. The Morgan fingerprint density at radius 2 is 1.85 bits per heavy atom. The van der Waals surface area contributed by atoms with Crippen molar-refractivity contribution in [3.05, 3.63) is 101 Å². The molecular weight excluding hydrogens is 408 g/mol. The van der Waals surface area contributed by atoms with Gasteiger partial charge in [-0.15, -0.1) is 0 Å². The first kappa shape index (κ1) is 20.5. The van der Waals surface area contributed by atoms with Gasteiger partial charge in [0, 0.05) is 42.6 Å². The molecule has 0 aromatic heterocycles. The first-order chi connectivity index (χ1) is 16.1. The lowest BCUT2D eigenvalue weighted by Gasteiger charge is -2.59. The Hall–Kier alpha value is -3.11. The van der Waals surface area contributed by atoms with Gasteiger partial charge in [0.15, 0.2) is 0 Å². The Balaban J connectivity index is 1.56. The Kier molecular flexibility index (Phi) is 4.63. The van der Waals surface area contributed by atoms with Crippen molar-refractivity contribution in [2.75, 3.05) is 25.9 Å². The van der Waals surface area contributed by atoms with E-state index >= 15 is 0 Å². The molecule has 1 aliphatic heterocycles. The van der Waals surface area contributed by atoms with Crippen LogP contribution in [0.1, 0.15) is 41.0 Å². The lowest BCUT2D eigenvalue weighted by molar-refractivity contribution is -0.161. The van der Waals surface area contributed by atoms with E-state index in [9.17, 15) is 4.79 Å². The monoisotopic (exact) mass is 438 g/mol. The summed E-state index contributed by atoms with van der Waals surface area (Å²) in [5.41, 5.74) is 11.5. The van der Waals surface area contributed by atoms with Crippen molar-refractivity contribution < 1.29 is 9.53 Å². The molecule has 4 heteroatoms. The maximum Gasteiger partial charge on any atom is 0.314 e. The summed E-state index contributed by atoms with van der Waals surface area (Å²) in [7, 11) is 1.55. The van der Waals surface area contributed by atoms with Gasteiger partial charge >= 0.3 is 5.97 Å². The molecular formula is C29H30N2O2. The molecule has 0 radical (unpaired) electrons. The highest BCUT2D eigenvalue weighted by molar-refractivity contribution is 5.82. The third kappa shape index (κ3) is 2.77. The summed E-state index contributed by atoms with van der Waals surface area (Å²) in [5, 5.41) is 0. The number of hydrogen-bond donors (Lipinski definition) is 1. The zero-order chi connectivity index (χ0) is 22.6. The molecule has 0 amide bonds. The van der Waals surface area contributed by atoms with Gasteiger partial charge in [0.25, 0.3) is 0 Å². The zero-order valence-electron chi connectivity index (χ0n) is 19.0. The number of hydrogen-bond acceptors (Lipinski definition) is 4. The van der Waals surface area contributed by atoms with Crippen LogP contribution in [-0.4, -0.2) is 31.1 Å². The molecule has 4 aliphatic rings. The summed E-state index contributed by atoms with van der Waals surface area (Å²) < 4.78 is 5.57. The number of esters is 1. The number of fused-ring (bicyclic) bond motifs is 1. The van der Waals surface area contributed by atoms with Gasteiger partial charge in [0.1, 0.15) is 0 Å². The maximum atomic E-state index is 13.7. The molecule has 2 N–H and O–H groups in total. The molecule has 1 saturated carbocycles. The van der Waals surface area contributed by atoms with Crippen molar-refractivity contribution in [2.24, 2.45) is 11.3 Å². The summed E-state index contributed by atoms with van der Waals surface area (Å²) in [6, 6.07) is 27.7. The van der Waals surface area contributed by atoms with Crippen LogP contribution in [-0.2, 0) is 21.5 Å². The minimum atomic E-state index is -0.555. The molecule has 7 rings (SSSR count). The number of carbonyl (C=O) groups excluding carboxylic acids is 1. The summed E-state index contributed by atoms with van der Waals surface area (Å²) in [5.74, 6) is 0.252. The number of likely N-dealkylation sites (tertiary alicyclic amines) is 1. The Labute approximate surface area is 195 Å². The number of nitrogens with two attached hydrogens (primary N) is 1. The molecule has 1 heterocycles. The zero-order valence-corrected chi connectivity index (χ0v) is 19.0. The minimum absolute atomic E-state index is 0.0597. The van der Waals surface area contributed by atoms with E-state index in [0.29, 0.717) is 0 Å². The highest BCUT2D eigenvalue weighted by Gasteiger charge is 2.70. The van der Waals surface area contributed by atoms with Crippen molar-refractivity contribution in [1.29, 1.82) is 0 Å². The fraction of sp³-hybridized carbons (Fsp3) is 0.345. The van der Waals surface area contributed by atoms with Crippen molar-refractivity contribution in [1.82, 2.24) is 4.90 Å². The Morgan fingerprint density at radius 1 is 1.06 bits per heavy atom. The second-order valence-corrected chi connectivity index (χ2v) is 10.0. The topological polar surface area (TPSA) is 55.6 Å². The first-order valence-electron chi connectivity index (χ1n) is 11.9. The van der Waals surface area contributed by atoms with E-state index in [1.54, 1.807) is 7.11 Å². The van der Waals surface area contributed by atoms with Crippen LogP contribution >= 0.6 is 0 Å². The fourth-order valence-corrected chi connectivity index (χ4v) is 7.50. The summed E-state index contributed by atoms with van der Waals surface area (Å²) in [6.07, 6.45) is 2.01. The van der Waals surface area contributed by atoms with E-state index in [1.165, 1.54) is 22.3 Å². The van der Waals surface area contributed by atoms with Crippen LogP contribution in [0, 0.1) is 11.3 Å². The molecule has 168 valence electrons. The number of rotatable bonds is 4. The van der Waals surface area contributed by atoms with Crippen LogP contribution in [0.3, 0.4) is 0 Å². The van der Waals surface area contributed by atoms with Crippen molar-refractivity contribution in [3.63, 3.8) is 0 Å². The normalized spacial score (nSPS) is 30.0. The average Bonchev–Trinajstić information content (AvgIpc) is 3.26. The van der Waals surface area contributed by atoms with Crippen LogP contribution in [0.4, 0.5) is 5.69 Å². The lowest BCUT2D eigenvalue weighted by atomic mass is 9.42. The molecule has 2 bridgehead atoms. The van der Waals surface area contributed by atoms with Gasteiger partial charge in [-0.1, -0.05) is 66.7 Å². The van der Waals surface area contributed by atoms with E-state index in [4.69, 9.17) is 10.5 Å². The van der Waals surface area contributed by atoms with Crippen molar-refractivity contribution >= 4 is 11.7 Å². The number of carbonyl (C=O) groups is 1. The second-order valence-electron chi connectivity index (χ2n) is 10.0. The fourth-order valence-electron chi connectivity index (χ4n) is 7.50. The molecule has 33 heavy (non-hydrogen) atoms. The molecule has 3 aromatic rings.